The zero-order chi connectivity index (χ0) is 11.3. The average molecular weight is 207 g/mol. The van der Waals surface area contributed by atoms with Gasteiger partial charge >= 0.3 is 0 Å². The third-order valence-corrected chi connectivity index (χ3v) is 1.88. The minimum absolute atomic E-state index is 0.122. The van der Waals surface area contributed by atoms with Crippen molar-refractivity contribution < 1.29 is 9.59 Å². The van der Waals surface area contributed by atoms with E-state index in [2.05, 4.69) is 5.32 Å². The maximum Gasteiger partial charge on any atom is 0.253 e. The Hall–Kier alpha value is -1.88. The highest BCUT2D eigenvalue weighted by atomic mass is 16.2. The van der Waals surface area contributed by atoms with Crippen LogP contribution >= 0.6 is 0 Å². The summed E-state index contributed by atoms with van der Waals surface area (Å²) in [6, 6.07) is 7.06. The minimum Gasteiger partial charge on any atom is -0.343 e. The summed E-state index contributed by atoms with van der Waals surface area (Å²) in [5, 5.41) is 2.44. The van der Waals surface area contributed by atoms with E-state index < -0.39 is 5.91 Å². The first-order chi connectivity index (χ1) is 7.13. The van der Waals surface area contributed by atoms with Crippen molar-refractivity contribution >= 4 is 11.8 Å². The van der Waals surface area contributed by atoms with E-state index in [1.807, 2.05) is 24.5 Å². The van der Waals surface area contributed by atoms with Gasteiger partial charge in [-0.05, 0) is 19.1 Å². The summed E-state index contributed by atoms with van der Waals surface area (Å²) in [6.45, 7) is 1.81. The van der Waals surface area contributed by atoms with E-state index in [1.54, 1.807) is 12.1 Å². The molecule has 0 aromatic heterocycles. The summed E-state index contributed by atoms with van der Waals surface area (Å²) in [5.74, 6) is 4.14. The lowest BCUT2D eigenvalue weighted by atomic mass is 10.1. The normalized spacial score (nSPS) is 9.47. The Bertz CT molecular complexity index is 359. The molecule has 0 aliphatic heterocycles. The number of rotatable bonds is 3. The molecule has 80 valence electrons. The molecule has 1 aromatic carbocycles. The van der Waals surface area contributed by atoms with Crippen LogP contribution in [-0.2, 0) is 4.79 Å². The highest BCUT2D eigenvalue weighted by Gasteiger charge is 2.06. The molecule has 0 heterocycles. The summed E-state index contributed by atoms with van der Waals surface area (Å²) in [6.07, 6.45) is 0. The fourth-order valence-electron chi connectivity index (χ4n) is 1.02. The van der Waals surface area contributed by atoms with Gasteiger partial charge in [-0.3, -0.25) is 15.0 Å². The molecule has 5 heteroatoms. The van der Waals surface area contributed by atoms with Gasteiger partial charge in [0, 0.05) is 5.56 Å². The first-order valence-corrected chi connectivity index (χ1v) is 4.48. The standard InChI is InChI=1S/C10H13N3O2/c1-7-2-4-8(5-3-7)10(15)12-6-9(14)13-11/h2-5H,6,11H2,1H3,(H,12,15)(H,13,14). The maximum absolute atomic E-state index is 11.4. The first kappa shape index (κ1) is 11.2. The van der Waals surface area contributed by atoms with Crippen LogP contribution in [0.5, 0.6) is 0 Å². The zero-order valence-corrected chi connectivity index (χ0v) is 8.41. The SMILES string of the molecule is Cc1ccc(C(=O)NCC(=O)NN)cc1. The molecule has 0 aliphatic carbocycles. The van der Waals surface area contributed by atoms with Gasteiger partial charge in [-0.25, -0.2) is 5.84 Å². The summed E-state index contributed by atoms with van der Waals surface area (Å²) in [7, 11) is 0. The van der Waals surface area contributed by atoms with E-state index in [-0.39, 0.29) is 12.5 Å². The molecule has 0 unspecified atom stereocenters. The summed E-state index contributed by atoms with van der Waals surface area (Å²) in [4.78, 5) is 22.2. The van der Waals surface area contributed by atoms with Gasteiger partial charge in [0.15, 0.2) is 0 Å². The highest BCUT2D eigenvalue weighted by molar-refractivity contribution is 5.96. The molecule has 2 amide bonds. The van der Waals surface area contributed by atoms with Crippen LogP contribution in [0.2, 0.25) is 0 Å². The van der Waals surface area contributed by atoms with Crippen molar-refractivity contribution in [3.8, 4) is 0 Å². The second kappa shape index (κ2) is 5.11. The zero-order valence-electron chi connectivity index (χ0n) is 8.41. The molecule has 0 saturated heterocycles. The van der Waals surface area contributed by atoms with Crippen LogP contribution in [0, 0.1) is 6.92 Å². The third-order valence-electron chi connectivity index (χ3n) is 1.88. The molecule has 5 nitrogen and oxygen atoms in total. The Kier molecular flexibility index (Phi) is 3.82. The smallest absolute Gasteiger partial charge is 0.253 e. The topological polar surface area (TPSA) is 84.2 Å². The van der Waals surface area contributed by atoms with E-state index in [9.17, 15) is 9.59 Å². The monoisotopic (exact) mass is 207 g/mol. The Labute approximate surface area is 87.6 Å². The van der Waals surface area contributed by atoms with Crippen molar-refractivity contribution in [1.82, 2.24) is 10.7 Å². The number of hydrogen-bond acceptors (Lipinski definition) is 3. The quantitative estimate of drug-likeness (QED) is 0.362. The van der Waals surface area contributed by atoms with Gasteiger partial charge in [-0.2, -0.15) is 0 Å². The predicted molar refractivity (Wildman–Crippen MR) is 55.8 cm³/mol. The van der Waals surface area contributed by atoms with Crippen LogP contribution in [0.1, 0.15) is 15.9 Å². The van der Waals surface area contributed by atoms with Crippen LogP contribution < -0.4 is 16.6 Å². The third kappa shape index (κ3) is 3.40. The number of benzene rings is 1. The van der Waals surface area contributed by atoms with E-state index in [1.165, 1.54) is 0 Å². The number of aryl methyl sites for hydroxylation is 1. The number of hydrogen-bond donors (Lipinski definition) is 3. The van der Waals surface area contributed by atoms with Crippen molar-refractivity contribution in [3.63, 3.8) is 0 Å². The fraction of sp³-hybridized carbons (Fsp3) is 0.200. The van der Waals surface area contributed by atoms with Gasteiger partial charge in [0.2, 0.25) is 0 Å². The highest BCUT2D eigenvalue weighted by Crippen LogP contribution is 2.02. The fourth-order valence-corrected chi connectivity index (χ4v) is 1.02. The number of amides is 2. The van der Waals surface area contributed by atoms with Gasteiger partial charge in [0.1, 0.15) is 0 Å². The Morgan fingerprint density at radius 2 is 1.87 bits per heavy atom. The van der Waals surface area contributed by atoms with Crippen molar-refractivity contribution in [2.45, 2.75) is 6.92 Å². The van der Waals surface area contributed by atoms with Gasteiger partial charge in [-0.15, -0.1) is 0 Å². The minimum atomic E-state index is -0.435. The van der Waals surface area contributed by atoms with Crippen LogP contribution in [0.3, 0.4) is 0 Å². The first-order valence-electron chi connectivity index (χ1n) is 4.48. The van der Waals surface area contributed by atoms with Crippen LogP contribution in [0.25, 0.3) is 0 Å². The van der Waals surface area contributed by atoms with Crippen LogP contribution in [0.4, 0.5) is 0 Å². The molecule has 0 radical (unpaired) electrons. The van der Waals surface area contributed by atoms with E-state index in [0.717, 1.165) is 5.56 Å². The van der Waals surface area contributed by atoms with Crippen molar-refractivity contribution in [3.05, 3.63) is 35.4 Å². The Morgan fingerprint density at radius 1 is 1.27 bits per heavy atom. The predicted octanol–water partition coefficient (Wildman–Crippen LogP) is -0.285. The van der Waals surface area contributed by atoms with Gasteiger partial charge in [0.05, 0.1) is 6.54 Å². The number of hydrazine groups is 1. The Balaban J connectivity index is 2.54. The molecule has 0 aliphatic rings. The molecule has 0 atom stereocenters. The lowest BCUT2D eigenvalue weighted by Gasteiger charge is -2.04. The van der Waals surface area contributed by atoms with E-state index in [4.69, 9.17) is 5.84 Å². The molecule has 1 aromatic rings. The van der Waals surface area contributed by atoms with Crippen molar-refractivity contribution in [1.29, 1.82) is 0 Å². The molecule has 0 bridgehead atoms. The van der Waals surface area contributed by atoms with Gasteiger partial charge < -0.3 is 5.32 Å². The molecular weight excluding hydrogens is 194 g/mol. The molecule has 1 rings (SSSR count). The molecule has 15 heavy (non-hydrogen) atoms. The maximum atomic E-state index is 11.4. The summed E-state index contributed by atoms with van der Waals surface area (Å²) >= 11 is 0. The molecular formula is C10H13N3O2. The van der Waals surface area contributed by atoms with E-state index in [0.29, 0.717) is 5.56 Å². The lowest BCUT2D eigenvalue weighted by molar-refractivity contribution is -0.120. The average Bonchev–Trinajstić information content (AvgIpc) is 2.26. The molecule has 0 saturated carbocycles. The van der Waals surface area contributed by atoms with Gasteiger partial charge in [-0.1, -0.05) is 17.7 Å². The van der Waals surface area contributed by atoms with Crippen LogP contribution in [0.15, 0.2) is 24.3 Å². The molecule has 0 fully saturated rings. The van der Waals surface area contributed by atoms with Crippen LogP contribution in [-0.4, -0.2) is 18.4 Å². The van der Waals surface area contributed by atoms with E-state index >= 15 is 0 Å². The number of nitrogens with two attached hydrogens (primary N) is 1. The second-order valence-electron chi connectivity index (χ2n) is 3.12. The summed E-state index contributed by atoms with van der Waals surface area (Å²) in [5.41, 5.74) is 3.52. The number of carbonyl (C=O) groups is 2. The second-order valence-corrected chi connectivity index (χ2v) is 3.12. The lowest BCUT2D eigenvalue weighted by Crippen LogP contribution is -2.40. The Morgan fingerprint density at radius 3 is 2.40 bits per heavy atom. The summed E-state index contributed by atoms with van der Waals surface area (Å²) < 4.78 is 0. The van der Waals surface area contributed by atoms with Crippen molar-refractivity contribution in [2.75, 3.05) is 6.54 Å². The molecule has 0 spiro atoms. The largest absolute Gasteiger partial charge is 0.343 e. The number of nitrogens with one attached hydrogen (secondary N) is 2. The number of carbonyl (C=O) groups excluding carboxylic acids is 2. The molecule has 4 N–H and O–H groups in total. The van der Waals surface area contributed by atoms with Gasteiger partial charge in [0.25, 0.3) is 11.8 Å². The van der Waals surface area contributed by atoms with Crippen molar-refractivity contribution in [2.24, 2.45) is 5.84 Å².